The molecule has 0 atom stereocenters. The molecule has 3 aromatic rings. The first-order valence-corrected chi connectivity index (χ1v) is 9.96. The van der Waals surface area contributed by atoms with Crippen molar-refractivity contribution >= 4 is 62.2 Å². The number of hydrogen-bond donors (Lipinski definition) is 0. The Morgan fingerprint density at radius 1 is 1.35 bits per heavy atom. The summed E-state index contributed by atoms with van der Waals surface area (Å²) in [6.07, 6.45) is 0.632. The highest BCUT2D eigenvalue weighted by molar-refractivity contribution is 8.01. The van der Waals surface area contributed by atoms with Crippen LogP contribution in [0.4, 0.5) is 11.4 Å². The van der Waals surface area contributed by atoms with Crippen LogP contribution in [-0.4, -0.2) is 28.1 Å². The quantitative estimate of drug-likeness (QED) is 0.362. The van der Waals surface area contributed by atoms with E-state index in [9.17, 15) is 14.9 Å². The molecule has 1 aliphatic rings. The first-order valence-electron chi connectivity index (χ1n) is 7.78. The van der Waals surface area contributed by atoms with E-state index < -0.39 is 4.92 Å². The smallest absolute Gasteiger partial charge is 0.269 e. The van der Waals surface area contributed by atoms with E-state index in [1.54, 1.807) is 17.0 Å². The maximum Gasteiger partial charge on any atom is 0.269 e. The lowest BCUT2D eigenvalue weighted by Crippen LogP contribution is -2.30. The highest BCUT2D eigenvalue weighted by atomic mass is 35.5. The Kier molecular flexibility index (Phi) is 4.56. The van der Waals surface area contributed by atoms with Crippen molar-refractivity contribution in [3.8, 4) is 0 Å². The van der Waals surface area contributed by atoms with Gasteiger partial charge in [-0.05, 0) is 36.2 Å². The van der Waals surface area contributed by atoms with Gasteiger partial charge in [0.1, 0.15) is 0 Å². The van der Waals surface area contributed by atoms with Gasteiger partial charge < -0.3 is 4.90 Å². The molecular weight excluding hydrogens is 394 g/mol. The molecule has 1 aromatic heterocycles. The molecule has 2 aromatic carbocycles. The molecule has 0 N–H and O–H groups in total. The van der Waals surface area contributed by atoms with Gasteiger partial charge in [-0.15, -0.1) is 11.3 Å². The van der Waals surface area contributed by atoms with Crippen LogP contribution in [0.2, 0.25) is 5.02 Å². The molecule has 1 aliphatic heterocycles. The highest BCUT2D eigenvalue weighted by Crippen LogP contribution is 2.34. The molecule has 2 heterocycles. The third-order valence-corrected chi connectivity index (χ3v) is 6.52. The number of non-ortho nitro benzene ring substituents is 1. The molecule has 0 unspecified atom stereocenters. The van der Waals surface area contributed by atoms with Crippen LogP contribution >= 0.6 is 34.7 Å². The van der Waals surface area contributed by atoms with Crippen LogP contribution in [0.5, 0.6) is 0 Å². The number of anilines is 1. The van der Waals surface area contributed by atoms with E-state index >= 15 is 0 Å². The Hall–Kier alpha value is -2.16. The summed E-state index contributed by atoms with van der Waals surface area (Å²) in [5.74, 6) is 0.240. The molecule has 9 heteroatoms. The van der Waals surface area contributed by atoms with Crippen molar-refractivity contribution < 1.29 is 9.72 Å². The zero-order valence-corrected chi connectivity index (χ0v) is 15.7. The number of fused-ring (bicyclic) bond motifs is 2. The van der Waals surface area contributed by atoms with Crippen molar-refractivity contribution in [3.05, 3.63) is 57.1 Å². The van der Waals surface area contributed by atoms with Gasteiger partial charge in [0.2, 0.25) is 5.91 Å². The predicted molar refractivity (Wildman–Crippen MR) is 105 cm³/mol. The average molecular weight is 406 g/mol. The van der Waals surface area contributed by atoms with Gasteiger partial charge in [0.05, 0.1) is 20.9 Å². The van der Waals surface area contributed by atoms with E-state index in [4.69, 9.17) is 11.6 Å². The molecule has 0 fully saturated rings. The molecule has 0 radical (unpaired) electrons. The molecule has 0 bridgehead atoms. The van der Waals surface area contributed by atoms with Crippen LogP contribution < -0.4 is 4.90 Å². The summed E-state index contributed by atoms with van der Waals surface area (Å²) in [6.45, 7) is 0.547. The number of nitro groups is 1. The van der Waals surface area contributed by atoms with Gasteiger partial charge in [0.25, 0.3) is 5.69 Å². The summed E-state index contributed by atoms with van der Waals surface area (Å²) in [4.78, 5) is 29.2. The van der Waals surface area contributed by atoms with Crippen LogP contribution in [-0.2, 0) is 11.2 Å². The van der Waals surface area contributed by atoms with Crippen molar-refractivity contribution in [2.45, 2.75) is 10.8 Å². The first kappa shape index (κ1) is 17.3. The largest absolute Gasteiger partial charge is 0.311 e. The number of nitro benzene ring substituents is 1. The van der Waals surface area contributed by atoms with Gasteiger partial charge in [0, 0.05) is 29.4 Å². The number of halogens is 1. The lowest BCUT2D eigenvalue weighted by atomic mass is 10.1. The zero-order valence-electron chi connectivity index (χ0n) is 13.3. The van der Waals surface area contributed by atoms with Crippen molar-refractivity contribution in [3.63, 3.8) is 0 Å². The van der Waals surface area contributed by atoms with Gasteiger partial charge in [-0.2, -0.15) is 0 Å². The lowest BCUT2D eigenvalue weighted by molar-refractivity contribution is -0.384. The van der Waals surface area contributed by atoms with E-state index in [1.165, 1.54) is 29.2 Å². The molecule has 4 rings (SSSR count). The van der Waals surface area contributed by atoms with Crippen LogP contribution in [0.3, 0.4) is 0 Å². The van der Waals surface area contributed by atoms with Crippen molar-refractivity contribution in [2.24, 2.45) is 0 Å². The fraction of sp³-hybridized carbons (Fsp3) is 0.176. The SMILES string of the molecule is O=C(CSc1nc2cc(Cl)ccc2s1)N1CCc2cc([N+](=O)[O-])ccc21. The van der Waals surface area contributed by atoms with Crippen molar-refractivity contribution in [1.29, 1.82) is 0 Å². The second kappa shape index (κ2) is 6.86. The Labute approximate surface area is 161 Å². The van der Waals surface area contributed by atoms with E-state index in [0.717, 1.165) is 25.8 Å². The molecule has 1 amide bonds. The number of carbonyl (C=O) groups excluding carboxylic acids is 1. The third kappa shape index (κ3) is 3.27. The predicted octanol–water partition coefficient (Wildman–Crippen LogP) is 4.54. The normalized spacial score (nSPS) is 13.2. The minimum Gasteiger partial charge on any atom is -0.311 e. The summed E-state index contributed by atoms with van der Waals surface area (Å²) >= 11 is 8.90. The molecule has 0 saturated heterocycles. The Morgan fingerprint density at radius 3 is 3.00 bits per heavy atom. The van der Waals surface area contributed by atoms with Crippen LogP contribution in [0.25, 0.3) is 10.2 Å². The number of benzene rings is 2. The molecule has 0 saturated carbocycles. The van der Waals surface area contributed by atoms with Crippen molar-refractivity contribution in [1.82, 2.24) is 4.98 Å². The number of rotatable bonds is 4. The number of thiazole rings is 1. The summed E-state index contributed by atoms with van der Waals surface area (Å²) in [6, 6.07) is 10.2. The Balaban J connectivity index is 1.46. The number of amides is 1. The summed E-state index contributed by atoms with van der Waals surface area (Å²) < 4.78 is 1.85. The van der Waals surface area contributed by atoms with Crippen LogP contribution in [0, 0.1) is 10.1 Å². The molecule has 6 nitrogen and oxygen atoms in total. The number of carbonyl (C=O) groups is 1. The van der Waals surface area contributed by atoms with Crippen molar-refractivity contribution in [2.75, 3.05) is 17.2 Å². The summed E-state index contributed by atoms with van der Waals surface area (Å²) in [7, 11) is 0. The van der Waals surface area contributed by atoms with Gasteiger partial charge in [-0.1, -0.05) is 23.4 Å². The monoisotopic (exact) mass is 405 g/mol. The molecule has 0 spiro atoms. The minimum absolute atomic E-state index is 0.0279. The van der Waals surface area contributed by atoms with Crippen LogP contribution in [0.15, 0.2) is 40.7 Å². The summed E-state index contributed by atoms with van der Waals surface area (Å²) in [5.41, 5.74) is 2.49. The average Bonchev–Trinajstić information content (AvgIpc) is 3.22. The molecule has 132 valence electrons. The molecule has 26 heavy (non-hydrogen) atoms. The number of thioether (sulfide) groups is 1. The number of hydrogen-bond acceptors (Lipinski definition) is 6. The Bertz CT molecular complexity index is 1040. The highest BCUT2D eigenvalue weighted by Gasteiger charge is 2.26. The van der Waals surface area contributed by atoms with E-state index in [0.29, 0.717) is 18.0 Å². The maximum absolute atomic E-state index is 12.6. The summed E-state index contributed by atoms with van der Waals surface area (Å²) in [5, 5.41) is 11.5. The number of aromatic nitrogens is 1. The topological polar surface area (TPSA) is 76.3 Å². The lowest BCUT2D eigenvalue weighted by Gasteiger charge is -2.16. The van der Waals surface area contributed by atoms with Gasteiger partial charge in [-0.3, -0.25) is 14.9 Å². The zero-order chi connectivity index (χ0) is 18.3. The molecular formula is C17H12ClN3O3S2. The van der Waals surface area contributed by atoms with Crippen LogP contribution in [0.1, 0.15) is 5.56 Å². The Morgan fingerprint density at radius 2 is 2.19 bits per heavy atom. The number of nitrogens with zero attached hydrogens (tertiary/aromatic N) is 3. The molecule has 0 aliphatic carbocycles. The second-order valence-corrected chi connectivity index (χ2v) is 8.44. The fourth-order valence-corrected chi connectivity index (χ4v) is 4.99. The van der Waals surface area contributed by atoms with Gasteiger partial charge in [-0.25, -0.2) is 4.98 Å². The van der Waals surface area contributed by atoms with E-state index in [1.807, 2.05) is 18.2 Å². The van der Waals surface area contributed by atoms with E-state index in [2.05, 4.69) is 4.98 Å². The maximum atomic E-state index is 12.6. The third-order valence-electron chi connectivity index (χ3n) is 4.12. The van der Waals surface area contributed by atoms with Gasteiger partial charge in [0.15, 0.2) is 4.34 Å². The van der Waals surface area contributed by atoms with Gasteiger partial charge >= 0.3 is 0 Å². The van der Waals surface area contributed by atoms with E-state index in [-0.39, 0.29) is 17.3 Å². The first-order chi connectivity index (χ1) is 12.5. The standard InChI is InChI=1S/C17H12ClN3O3S2/c18-11-1-4-15-13(8-11)19-17(26-15)25-9-16(22)20-6-5-10-7-12(21(23)24)2-3-14(10)20/h1-4,7-8H,5-6,9H2. The fourth-order valence-electron chi connectivity index (χ4n) is 2.90. The second-order valence-electron chi connectivity index (χ2n) is 5.75. The minimum atomic E-state index is -0.417.